The molecule has 3 rings (SSSR count). The molecule has 23 heavy (non-hydrogen) atoms. The Morgan fingerprint density at radius 2 is 2.04 bits per heavy atom. The lowest BCUT2D eigenvalue weighted by Crippen LogP contribution is -2.41. The molecule has 0 aliphatic carbocycles. The monoisotopic (exact) mass is 342 g/mol. The van der Waals surface area contributed by atoms with Gasteiger partial charge < -0.3 is 9.62 Å². The van der Waals surface area contributed by atoms with E-state index in [1.807, 2.05) is 0 Å². The van der Waals surface area contributed by atoms with Crippen molar-refractivity contribution >= 4 is 28.4 Å². The summed E-state index contributed by atoms with van der Waals surface area (Å²) in [5.74, 6) is -1.50. The molecular weight excluding hydrogens is 337 g/mol. The second-order valence-electron chi connectivity index (χ2n) is 4.54. The molecule has 5 nitrogen and oxygen atoms in total. The molecule has 2 aromatic heterocycles. The summed E-state index contributed by atoms with van der Waals surface area (Å²) in [5.41, 5.74) is -3.22. The number of aromatic nitrogens is 2. The number of hydrogen-bond acceptors (Lipinski definition) is 4. The standard InChI is InChI=1S/C14H6ClF3N2O3/c15-7-3-4-9-8(6-7)19-11(12(21)10-2-1-5-23-10)13(20(9)22)14(16,17)18/h1-6H. The lowest BCUT2D eigenvalue weighted by molar-refractivity contribution is -0.603. The lowest BCUT2D eigenvalue weighted by Gasteiger charge is -2.12. The molecular formula is C14H6ClF3N2O3. The van der Waals surface area contributed by atoms with E-state index < -0.39 is 23.3 Å². The number of carbonyl (C=O) groups is 1. The fraction of sp³-hybridized carbons (Fsp3) is 0.0714. The average Bonchev–Trinajstić information content (AvgIpc) is 2.98. The fourth-order valence-corrected chi connectivity index (χ4v) is 2.25. The predicted octanol–water partition coefficient (Wildman–Crippen LogP) is 3.36. The van der Waals surface area contributed by atoms with Gasteiger partial charge >= 0.3 is 11.9 Å². The van der Waals surface area contributed by atoms with E-state index in [0.717, 1.165) is 12.3 Å². The third-order valence-corrected chi connectivity index (χ3v) is 3.28. The van der Waals surface area contributed by atoms with E-state index in [4.69, 9.17) is 16.0 Å². The van der Waals surface area contributed by atoms with Crippen LogP contribution in [-0.4, -0.2) is 10.8 Å². The molecule has 1 aromatic carbocycles. The molecule has 9 heteroatoms. The number of benzene rings is 1. The SMILES string of the molecule is O=C(c1ccco1)c1nc2cc(Cl)ccc2[n+]([O-])c1C(F)(F)F. The van der Waals surface area contributed by atoms with Gasteiger partial charge in [-0.1, -0.05) is 11.6 Å². The Bertz CT molecular complexity index is 908. The average molecular weight is 343 g/mol. The van der Waals surface area contributed by atoms with Gasteiger partial charge in [-0.25, -0.2) is 4.98 Å². The minimum Gasteiger partial charge on any atom is -0.618 e. The fourth-order valence-electron chi connectivity index (χ4n) is 2.08. The van der Waals surface area contributed by atoms with Crippen molar-refractivity contribution in [3.05, 3.63) is 64.0 Å². The lowest BCUT2D eigenvalue weighted by atomic mass is 10.1. The van der Waals surface area contributed by atoms with Crippen LogP contribution in [0.4, 0.5) is 13.2 Å². The molecule has 0 bridgehead atoms. The van der Waals surface area contributed by atoms with E-state index in [-0.39, 0.29) is 26.5 Å². The van der Waals surface area contributed by atoms with Crippen molar-refractivity contribution in [2.45, 2.75) is 6.18 Å². The first-order valence-corrected chi connectivity index (χ1v) is 6.55. The van der Waals surface area contributed by atoms with Crippen molar-refractivity contribution in [2.24, 2.45) is 0 Å². The maximum atomic E-state index is 13.2. The Balaban J connectivity index is 2.36. The largest absolute Gasteiger partial charge is 0.618 e. The number of alkyl halides is 3. The highest BCUT2D eigenvalue weighted by molar-refractivity contribution is 6.31. The summed E-state index contributed by atoms with van der Waals surface area (Å²) in [4.78, 5) is 15.9. The van der Waals surface area contributed by atoms with E-state index in [1.54, 1.807) is 0 Å². The summed E-state index contributed by atoms with van der Waals surface area (Å²) < 4.78 is 44.2. The molecule has 3 aromatic rings. The van der Waals surface area contributed by atoms with Crippen LogP contribution in [0.15, 0.2) is 41.0 Å². The molecule has 0 saturated carbocycles. The van der Waals surface area contributed by atoms with Crippen LogP contribution in [0.3, 0.4) is 0 Å². The third kappa shape index (κ3) is 2.61. The molecule has 0 spiro atoms. The van der Waals surface area contributed by atoms with Gasteiger partial charge in [-0.05, 0) is 24.3 Å². The summed E-state index contributed by atoms with van der Waals surface area (Å²) in [6.07, 6.45) is -3.94. The normalized spacial score (nSPS) is 11.8. The van der Waals surface area contributed by atoms with Gasteiger partial charge in [0, 0.05) is 11.1 Å². The van der Waals surface area contributed by atoms with Crippen LogP contribution in [0, 0.1) is 5.21 Å². The van der Waals surface area contributed by atoms with Crippen LogP contribution in [0.25, 0.3) is 11.0 Å². The van der Waals surface area contributed by atoms with E-state index in [1.165, 1.54) is 24.3 Å². The Morgan fingerprint density at radius 1 is 1.30 bits per heavy atom. The highest BCUT2D eigenvalue weighted by Crippen LogP contribution is 2.31. The highest BCUT2D eigenvalue weighted by Gasteiger charge is 2.47. The second kappa shape index (κ2) is 5.24. The molecule has 0 unspecified atom stereocenters. The summed E-state index contributed by atoms with van der Waals surface area (Å²) >= 11 is 5.76. The van der Waals surface area contributed by atoms with Gasteiger partial charge in [-0.3, -0.25) is 4.79 Å². The van der Waals surface area contributed by atoms with Crippen molar-refractivity contribution in [1.82, 2.24) is 4.98 Å². The molecule has 0 aliphatic rings. The van der Waals surface area contributed by atoms with Crippen LogP contribution in [0.1, 0.15) is 21.9 Å². The van der Waals surface area contributed by atoms with Gasteiger partial charge in [-0.15, -0.1) is 0 Å². The zero-order valence-electron chi connectivity index (χ0n) is 11.1. The van der Waals surface area contributed by atoms with Crippen molar-refractivity contribution in [3.63, 3.8) is 0 Å². The Kier molecular flexibility index (Phi) is 3.48. The van der Waals surface area contributed by atoms with Crippen molar-refractivity contribution in [3.8, 4) is 0 Å². The summed E-state index contributed by atoms with van der Waals surface area (Å²) in [5, 5.41) is 12.3. The van der Waals surface area contributed by atoms with Crippen LogP contribution < -0.4 is 4.73 Å². The van der Waals surface area contributed by atoms with Gasteiger partial charge in [0.2, 0.25) is 5.52 Å². The maximum absolute atomic E-state index is 13.2. The smallest absolute Gasteiger partial charge is 0.481 e. The van der Waals surface area contributed by atoms with Crippen LogP contribution >= 0.6 is 11.6 Å². The molecule has 2 heterocycles. The number of furan rings is 1. The molecule has 0 fully saturated rings. The number of halogens is 4. The van der Waals surface area contributed by atoms with Crippen LogP contribution in [0.2, 0.25) is 5.02 Å². The van der Waals surface area contributed by atoms with Crippen LogP contribution in [-0.2, 0) is 6.18 Å². The third-order valence-electron chi connectivity index (χ3n) is 3.04. The first-order chi connectivity index (χ1) is 10.8. The predicted molar refractivity (Wildman–Crippen MR) is 72.9 cm³/mol. The number of rotatable bonds is 2. The number of hydrogen-bond donors (Lipinski definition) is 0. The number of fused-ring (bicyclic) bond motifs is 1. The van der Waals surface area contributed by atoms with E-state index in [0.29, 0.717) is 0 Å². The molecule has 118 valence electrons. The Morgan fingerprint density at radius 3 is 2.65 bits per heavy atom. The highest BCUT2D eigenvalue weighted by atomic mass is 35.5. The van der Waals surface area contributed by atoms with Gasteiger partial charge in [-0.2, -0.15) is 17.9 Å². The first-order valence-electron chi connectivity index (χ1n) is 6.17. The van der Waals surface area contributed by atoms with Gasteiger partial charge in [0.25, 0.3) is 5.78 Å². The number of ketones is 1. The quantitative estimate of drug-likeness (QED) is 0.407. The van der Waals surface area contributed by atoms with Gasteiger partial charge in [0.15, 0.2) is 11.5 Å². The Hall–Kier alpha value is -2.61. The Labute approximate surface area is 131 Å². The van der Waals surface area contributed by atoms with E-state index >= 15 is 0 Å². The first kappa shape index (κ1) is 15.3. The number of carbonyl (C=O) groups excluding carboxylic acids is 1. The van der Waals surface area contributed by atoms with Gasteiger partial charge in [0.05, 0.1) is 6.26 Å². The molecule has 0 saturated heterocycles. The van der Waals surface area contributed by atoms with Crippen molar-refractivity contribution in [2.75, 3.05) is 0 Å². The zero-order valence-corrected chi connectivity index (χ0v) is 11.9. The molecule has 0 N–H and O–H groups in total. The van der Waals surface area contributed by atoms with Gasteiger partial charge in [0.1, 0.15) is 5.52 Å². The topological polar surface area (TPSA) is 70.0 Å². The summed E-state index contributed by atoms with van der Waals surface area (Å²) in [7, 11) is 0. The minimum atomic E-state index is -5.07. The molecule has 0 radical (unpaired) electrons. The summed E-state index contributed by atoms with van der Waals surface area (Å²) in [6, 6.07) is 6.08. The molecule has 0 aliphatic heterocycles. The minimum absolute atomic E-state index is 0.129. The van der Waals surface area contributed by atoms with Crippen LogP contribution in [0.5, 0.6) is 0 Å². The van der Waals surface area contributed by atoms with Crippen molar-refractivity contribution < 1.29 is 27.1 Å². The van der Waals surface area contributed by atoms with Crippen molar-refractivity contribution in [1.29, 1.82) is 0 Å². The number of nitrogens with zero attached hydrogens (tertiary/aromatic N) is 2. The zero-order chi connectivity index (χ0) is 16.8. The molecule has 0 atom stereocenters. The van der Waals surface area contributed by atoms with E-state index in [2.05, 4.69) is 4.98 Å². The maximum Gasteiger partial charge on any atom is 0.481 e. The second-order valence-corrected chi connectivity index (χ2v) is 4.98. The molecule has 0 amide bonds. The van der Waals surface area contributed by atoms with E-state index in [9.17, 15) is 23.2 Å². The summed E-state index contributed by atoms with van der Waals surface area (Å²) in [6.45, 7) is 0.